The van der Waals surface area contributed by atoms with E-state index in [0.29, 0.717) is 6.04 Å². The Kier molecular flexibility index (Phi) is 3.76. The highest BCUT2D eigenvalue weighted by molar-refractivity contribution is 9.10. The highest BCUT2D eigenvalue weighted by atomic mass is 79.9. The molecule has 0 radical (unpaired) electrons. The van der Waals surface area contributed by atoms with E-state index in [4.69, 9.17) is 0 Å². The first kappa shape index (κ1) is 11.8. The number of nitrogens with one attached hydrogen (secondary N) is 1. The molecule has 0 aromatic carbocycles. The molecule has 0 bridgehead atoms. The van der Waals surface area contributed by atoms with E-state index in [-0.39, 0.29) is 0 Å². The lowest BCUT2D eigenvalue weighted by Gasteiger charge is -2.30. The van der Waals surface area contributed by atoms with Gasteiger partial charge in [-0.25, -0.2) is 9.97 Å². The molecule has 0 aliphatic carbocycles. The van der Waals surface area contributed by atoms with Crippen molar-refractivity contribution in [2.75, 3.05) is 25.5 Å². The smallest absolute Gasteiger partial charge is 0.223 e. The summed E-state index contributed by atoms with van der Waals surface area (Å²) in [7, 11) is 2.15. The Labute approximate surface area is 105 Å². The van der Waals surface area contributed by atoms with E-state index in [1.807, 2.05) is 6.92 Å². The Morgan fingerprint density at radius 2 is 2.38 bits per heavy atom. The van der Waals surface area contributed by atoms with Gasteiger partial charge in [0.1, 0.15) is 0 Å². The maximum atomic E-state index is 4.40. The quantitative estimate of drug-likeness (QED) is 0.903. The van der Waals surface area contributed by atoms with Crippen molar-refractivity contribution in [2.24, 2.45) is 0 Å². The number of rotatable bonds is 2. The molecule has 0 amide bonds. The van der Waals surface area contributed by atoms with Crippen LogP contribution < -0.4 is 5.32 Å². The molecule has 1 unspecified atom stereocenters. The fourth-order valence-corrected chi connectivity index (χ4v) is 2.18. The average Bonchev–Trinajstić information content (AvgIpc) is 2.24. The van der Waals surface area contributed by atoms with Crippen LogP contribution in [0.4, 0.5) is 5.95 Å². The Morgan fingerprint density at radius 3 is 3.06 bits per heavy atom. The molecule has 1 aromatic rings. The number of hydrogen-bond donors (Lipinski definition) is 1. The van der Waals surface area contributed by atoms with Crippen LogP contribution in [0.3, 0.4) is 0 Å². The second kappa shape index (κ2) is 5.10. The summed E-state index contributed by atoms with van der Waals surface area (Å²) in [6, 6.07) is 0.472. The molecular formula is C11H17BrN4. The second-order valence-electron chi connectivity index (χ2n) is 4.37. The van der Waals surface area contributed by atoms with Crippen LogP contribution in [0.25, 0.3) is 0 Å². The van der Waals surface area contributed by atoms with Crippen molar-refractivity contribution in [1.29, 1.82) is 0 Å². The standard InChI is InChI=1S/C11H17BrN4/c1-8-10(12)6-13-11(14-8)15-9-4-3-5-16(2)7-9/h6,9H,3-5,7H2,1-2H3,(H,13,14,15). The number of likely N-dealkylation sites (N-methyl/N-ethyl adjacent to an activating group) is 1. The first-order chi connectivity index (χ1) is 7.65. The largest absolute Gasteiger partial charge is 0.350 e. The Balaban J connectivity index is 2.00. The molecule has 5 heteroatoms. The summed E-state index contributed by atoms with van der Waals surface area (Å²) >= 11 is 3.40. The molecule has 0 saturated carbocycles. The van der Waals surface area contributed by atoms with Gasteiger partial charge in [-0.3, -0.25) is 0 Å². The summed E-state index contributed by atoms with van der Waals surface area (Å²) in [6.07, 6.45) is 4.24. The van der Waals surface area contributed by atoms with Crippen LogP contribution >= 0.6 is 15.9 Å². The lowest BCUT2D eigenvalue weighted by atomic mass is 10.1. The molecular weight excluding hydrogens is 268 g/mol. The molecule has 1 aromatic heterocycles. The number of halogens is 1. The van der Waals surface area contributed by atoms with Crippen LogP contribution in [0, 0.1) is 6.92 Å². The molecule has 0 spiro atoms. The third kappa shape index (κ3) is 2.92. The van der Waals surface area contributed by atoms with Crippen LogP contribution in [0.1, 0.15) is 18.5 Å². The summed E-state index contributed by atoms with van der Waals surface area (Å²) in [4.78, 5) is 11.0. The van der Waals surface area contributed by atoms with Gasteiger partial charge in [0.2, 0.25) is 5.95 Å². The highest BCUT2D eigenvalue weighted by Crippen LogP contribution is 2.16. The van der Waals surface area contributed by atoms with Gasteiger partial charge in [-0.2, -0.15) is 0 Å². The normalized spacial score (nSPS) is 22.1. The molecule has 88 valence electrons. The van der Waals surface area contributed by atoms with Crippen molar-refractivity contribution in [3.63, 3.8) is 0 Å². The van der Waals surface area contributed by atoms with E-state index >= 15 is 0 Å². The zero-order chi connectivity index (χ0) is 11.5. The average molecular weight is 285 g/mol. The molecule has 4 nitrogen and oxygen atoms in total. The zero-order valence-corrected chi connectivity index (χ0v) is 11.3. The van der Waals surface area contributed by atoms with E-state index in [1.165, 1.54) is 19.4 Å². The van der Waals surface area contributed by atoms with Crippen LogP contribution in [-0.4, -0.2) is 41.0 Å². The van der Waals surface area contributed by atoms with Crippen LogP contribution in [0.5, 0.6) is 0 Å². The number of aryl methyl sites for hydroxylation is 1. The van der Waals surface area contributed by atoms with Crippen LogP contribution in [0.15, 0.2) is 10.7 Å². The maximum Gasteiger partial charge on any atom is 0.223 e. The molecule has 1 N–H and O–H groups in total. The van der Waals surface area contributed by atoms with E-state index in [0.717, 1.165) is 22.7 Å². The monoisotopic (exact) mass is 284 g/mol. The lowest BCUT2D eigenvalue weighted by Crippen LogP contribution is -2.40. The Bertz CT molecular complexity index is 369. The van der Waals surface area contributed by atoms with E-state index in [2.05, 4.69) is 43.2 Å². The Morgan fingerprint density at radius 1 is 1.56 bits per heavy atom. The number of aromatic nitrogens is 2. The Hall–Kier alpha value is -0.680. The van der Waals surface area contributed by atoms with Crippen molar-refractivity contribution in [3.8, 4) is 0 Å². The number of anilines is 1. The minimum Gasteiger partial charge on any atom is -0.350 e. The van der Waals surface area contributed by atoms with Gasteiger partial charge >= 0.3 is 0 Å². The molecule has 1 aliphatic heterocycles. The number of likely N-dealkylation sites (tertiary alicyclic amines) is 1. The van der Waals surface area contributed by atoms with Crippen molar-refractivity contribution in [1.82, 2.24) is 14.9 Å². The minimum absolute atomic E-state index is 0.472. The topological polar surface area (TPSA) is 41.1 Å². The summed E-state index contributed by atoms with van der Waals surface area (Å²) in [5, 5.41) is 3.39. The SMILES string of the molecule is Cc1nc(NC2CCCN(C)C2)ncc1Br. The lowest BCUT2D eigenvalue weighted by molar-refractivity contribution is 0.260. The predicted molar refractivity (Wildman–Crippen MR) is 68.6 cm³/mol. The summed E-state index contributed by atoms with van der Waals surface area (Å²) in [5.41, 5.74) is 0.974. The van der Waals surface area contributed by atoms with Gasteiger partial charge in [-0.1, -0.05) is 0 Å². The highest BCUT2D eigenvalue weighted by Gasteiger charge is 2.17. The number of hydrogen-bond acceptors (Lipinski definition) is 4. The van der Waals surface area contributed by atoms with E-state index in [1.54, 1.807) is 6.20 Å². The number of nitrogens with zero attached hydrogens (tertiary/aromatic N) is 3. The summed E-state index contributed by atoms with van der Waals surface area (Å²) in [6.45, 7) is 4.24. The van der Waals surface area contributed by atoms with Gasteiger partial charge in [0.05, 0.1) is 10.2 Å². The molecule has 16 heavy (non-hydrogen) atoms. The van der Waals surface area contributed by atoms with Crippen LogP contribution in [-0.2, 0) is 0 Å². The predicted octanol–water partition coefficient (Wildman–Crippen LogP) is 2.05. The first-order valence-corrected chi connectivity index (χ1v) is 6.38. The van der Waals surface area contributed by atoms with E-state index < -0.39 is 0 Å². The maximum absolute atomic E-state index is 4.40. The summed E-state index contributed by atoms with van der Waals surface area (Å²) in [5.74, 6) is 0.737. The molecule has 1 fully saturated rings. The van der Waals surface area contributed by atoms with Crippen molar-refractivity contribution >= 4 is 21.9 Å². The van der Waals surface area contributed by atoms with Gasteiger partial charge < -0.3 is 10.2 Å². The van der Waals surface area contributed by atoms with Gasteiger partial charge in [-0.15, -0.1) is 0 Å². The third-order valence-electron chi connectivity index (χ3n) is 2.88. The third-order valence-corrected chi connectivity index (χ3v) is 3.66. The fraction of sp³-hybridized carbons (Fsp3) is 0.636. The molecule has 1 saturated heterocycles. The van der Waals surface area contributed by atoms with E-state index in [9.17, 15) is 0 Å². The van der Waals surface area contributed by atoms with Gasteiger partial charge in [-0.05, 0) is 49.3 Å². The summed E-state index contributed by atoms with van der Waals surface area (Å²) < 4.78 is 0.957. The van der Waals surface area contributed by atoms with Gasteiger partial charge in [0.25, 0.3) is 0 Å². The minimum atomic E-state index is 0.472. The zero-order valence-electron chi connectivity index (χ0n) is 9.70. The second-order valence-corrected chi connectivity index (χ2v) is 5.23. The fourth-order valence-electron chi connectivity index (χ4n) is 1.99. The molecule has 2 rings (SSSR count). The van der Waals surface area contributed by atoms with Crippen molar-refractivity contribution in [3.05, 3.63) is 16.4 Å². The van der Waals surface area contributed by atoms with Crippen molar-refractivity contribution in [2.45, 2.75) is 25.8 Å². The molecule has 1 aliphatic rings. The molecule has 1 atom stereocenters. The van der Waals surface area contributed by atoms with Gasteiger partial charge in [0, 0.05) is 18.8 Å². The first-order valence-electron chi connectivity index (χ1n) is 5.59. The van der Waals surface area contributed by atoms with Gasteiger partial charge in [0.15, 0.2) is 0 Å². The molecule has 2 heterocycles. The number of piperidine rings is 1. The van der Waals surface area contributed by atoms with Crippen LogP contribution in [0.2, 0.25) is 0 Å². The van der Waals surface area contributed by atoms with Crippen molar-refractivity contribution < 1.29 is 0 Å².